The summed E-state index contributed by atoms with van der Waals surface area (Å²) in [6.45, 7) is 2.61. The van der Waals surface area contributed by atoms with Gasteiger partial charge in [0.25, 0.3) is 5.56 Å². The van der Waals surface area contributed by atoms with E-state index in [2.05, 4.69) is 15.3 Å². The maximum Gasteiger partial charge on any atom is 0.251 e. The van der Waals surface area contributed by atoms with Gasteiger partial charge in [-0.15, -0.1) is 0 Å². The van der Waals surface area contributed by atoms with E-state index in [9.17, 15) is 9.59 Å². The van der Waals surface area contributed by atoms with Crippen molar-refractivity contribution in [3.63, 3.8) is 0 Å². The predicted octanol–water partition coefficient (Wildman–Crippen LogP) is 2.78. The first-order valence-corrected chi connectivity index (χ1v) is 8.67. The third-order valence-corrected chi connectivity index (χ3v) is 4.13. The Kier molecular flexibility index (Phi) is 6.67. The summed E-state index contributed by atoms with van der Waals surface area (Å²) in [6.07, 6.45) is 0.976. The van der Waals surface area contributed by atoms with Crippen LogP contribution in [0.4, 0.5) is 0 Å². The third kappa shape index (κ3) is 6.08. The van der Waals surface area contributed by atoms with Gasteiger partial charge in [0.2, 0.25) is 5.91 Å². The molecule has 0 fully saturated rings. The SMILES string of the molecule is CCCNC(=O)Cc1cc(=O)[nH]c(SCc2cccc(Cl)c2)n1. The summed E-state index contributed by atoms with van der Waals surface area (Å²) < 4.78 is 0. The second-order valence-electron chi connectivity index (χ2n) is 4.99. The lowest BCUT2D eigenvalue weighted by Crippen LogP contribution is -2.26. The average molecular weight is 352 g/mol. The summed E-state index contributed by atoms with van der Waals surface area (Å²) in [6, 6.07) is 8.87. The lowest BCUT2D eigenvalue weighted by atomic mass is 10.2. The number of hydrogen-bond donors (Lipinski definition) is 2. The predicted molar refractivity (Wildman–Crippen MR) is 92.9 cm³/mol. The minimum absolute atomic E-state index is 0.106. The monoisotopic (exact) mass is 351 g/mol. The van der Waals surface area contributed by atoms with Crippen LogP contribution in [0.1, 0.15) is 24.6 Å². The molecule has 7 heteroatoms. The summed E-state index contributed by atoms with van der Waals surface area (Å²) in [5.74, 6) is 0.505. The average Bonchev–Trinajstić information content (AvgIpc) is 2.50. The van der Waals surface area contributed by atoms with Gasteiger partial charge in [-0.2, -0.15) is 0 Å². The topological polar surface area (TPSA) is 74.8 Å². The zero-order chi connectivity index (χ0) is 16.7. The molecular weight excluding hydrogens is 334 g/mol. The highest BCUT2D eigenvalue weighted by Crippen LogP contribution is 2.20. The summed E-state index contributed by atoms with van der Waals surface area (Å²) >= 11 is 7.35. The van der Waals surface area contributed by atoms with Crippen LogP contribution in [-0.4, -0.2) is 22.4 Å². The second kappa shape index (κ2) is 8.74. The molecule has 1 amide bonds. The summed E-state index contributed by atoms with van der Waals surface area (Å²) in [7, 11) is 0. The van der Waals surface area contributed by atoms with E-state index in [-0.39, 0.29) is 17.9 Å². The Morgan fingerprint density at radius 2 is 2.22 bits per heavy atom. The van der Waals surface area contributed by atoms with Crippen molar-refractivity contribution in [3.8, 4) is 0 Å². The van der Waals surface area contributed by atoms with Crippen molar-refractivity contribution >= 4 is 29.3 Å². The maximum absolute atomic E-state index is 11.7. The van der Waals surface area contributed by atoms with Gasteiger partial charge in [0.1, 0.15) is 0 Å². The molecule has 0 saturated heterocycles. The second-order valence-corrected chi connectivity index (χ2v) is 6.39. The van der Waals surface area contributed by atoms with E-state index in [4.69, 9.17) is 11.6 Å². The smallest absolute Gasteiger partial charge is 0.251 e. The molecule has 2 N–H and O–H groups in total. The van der Waals surface area contributed by atoms with Crippen LogP contribution in [0, 0.1) is 0 Å². The number of benzene rings is 1. The van der Waals surface area contributed by atoms with Gasteiger partial charge in [-0.1, -0.05) is 42.4 Å². The van der Waals surface area contributed by atoms with Crippen molar-refractivity contribution in [1.82, 2.24) is 15.3 Å². The van der Waals surface area contributed by atoms with Crippen LogP contribution in [-0.2, 0) is 17.0 Å². The molecule has 0 spiro atoms. The minimum Gasteiger partial charge on any atom is -0.356 e. The van der Waals surface area contributed by atoms with Gasteiger partial charge in [0.15, 0.2) is 5.16 Å². The molecule has 0 atom stereocenters. The van der Waals surface area contributed by atoms with Crippen molar-refractivity contribution in [2.45, 2.75) is 30.7 Å². The van der Waals surface area contributed by atoms with Gasteiger partial charge in [-0.25, -0.2) is 4.98 Å². The third-order valence-electron chi connectivity index (χ3n) is 2.95. The number of H-pyrrole nitrogens is 1. The van der Waals surface area contributed by atoms with Gasteiger partial charge >= 0.3 is 0 Å². The number of thioether (sulfide) groups is 1. The van der Waals surface area contributed by atoms with E-state index < -0.39 is 0 Å². The van der Waals surface area contributed by atoms with Gasteiger partial charge in [0, 0.05) is 23.4 Å². The van der Waals surface area contributed by atoms with Gasteiger partial charge in [-0.3, -0.25) is 9.59 Å². The molecule has 1 heterocycles. The van der Waals surface area contributed by atoms with Crippen LogP contribution in [0.3, 0.4) is 0 Å². The summed E-state index contributed by atoms with van der Waals surface area (Å²) in [4.78, 5) is 30.4. The van der Waals surface area contributed by atoms with Crippen LogP contribution in [0.5, 0.6) is 0 Å². The minimum atomic E-state index is -0.258. The number of carbonyl (C=O) groups excluding carboxylic acids is 1. The van der Waals surface area contributed by atoms with Crippen molar-refractivity contribution in [2.75, 3.05) is 6.54 Å². The van der Waals surface area contributed by atoms with Crippen molar-refractivity contribution in [1.29, 1.82) is 0 Å². The molecule has 0 aliphatic heterocycles. The van der Waals surface area contributed by atoms with Gasteiger partial charge < -0.3 is 10.3 Å². The number of nitrogens with one attached hydrogen (secondary N) is 2. The highest BCUT2D eigenvalue weighted by atomic mass is 35.5. The number of aromatic amines is 1. The van der Waals surface area contributed by atoms with Gasteiger partial charge in [-0.05, 0) is 24.1 Å². The molecule has 23 heavy (non-hydrogen) atoms. The molecule has 5 nitrogen and oxygen atoms in total. The van der Waals surface area contributed by atoms with Crippen LogP contribution in [0.2, 0.25) is 5.02 Å². The highest BCUT2D eigenvalue weighted by molar-refractivity contribution is 7.98. The lowest BCUT2D eigenvalue weighted by Gasteiger charge is -2.05. The molecule has 0 aliphatic rings. The Morgan fingerprint density at radius 3 is 2.96 bits per heavy atom. The van der Waals surface area contributed by atoms with Crippen molar-refractivity contribution in [3.05, 3.63) is 57.0 Å². The van der Waals surface area contributed by atoms with Crippen LogP contribution in [0.15, 0.2) is 40.3 Å². The Bertz CT molecular complexity index is 733. The molecule has 2 aromatic rings. The molecule has 122 valence electrons. The highest BCUT2D eigenvalue weighted by Gasteiger charge is 2.07. The van der Waals surface area contributed by atoms with Crippen LogP contribution < -0.4 is 10.9 Å². The zero-order valence-corrected chi connectivity index (χ0v) is 14.3. The summed E-state index contributed by atoms with van der Waals surface area (Å²) in [5, 5.41) is 3.94. The fourth-order valence-electron chi connectivity index (χ4n) is 1.91. The molecule has 1 aromatic carbocycles. The number of halogens is 1. The molecule has 2 rings (SSSR count). The fourth-order valence-corrected chi connectivity index (χ4v) is 2.96. The molecule has 0 aliphatic carbocycles. The Hall–Kier alpha value is -1.79. The molecular formula is C16H18ClN3O2S. The largest absolute Gasteiger partial charge is 0.356 e. The van der Waals surface area contributed by atoms with E-state index in [0.29, 0.717) is 28.2 Å². The first-order chi connectivity index (χ1) is 11.1. The fraction of sp³-hybridized carbons (Fsp3) is 0.312. The molecule has 0 radical (unpaired) electrons. The van der Waals surface area contributed by atoms with Crippen molar-refractivity contribution < 1.29 is 4.79 Å². The number of rotatable bonds is 7. The first kappa shape index (κ1) is 17.6. The number of amides is 1. The van der Waals surface area contributed by atoms with E-state index in [0.717, 1.165) is 12.0 Å². The molecule has 1 aromatic heterocycles. The van der Waals surface area contributed by atoms with E-state index in [1.54, 1.807) is 0 Å². The zero-order valence-electron chi connectivity index (χ0n) is 12.8. The number of aromatic nitrogens is 2. The Morgan fingerprint density at radius 1 is 1.39 bits per heavy atom. The normalized spacial score (nSPS) is 10.5. The van der Waals surface area contributed by atoms with Crippen molar-refractivity contribution in [2.24, 2.45) is 0 Å². The number of nitrogens with zero attached hydrogens (tertiary/aromatic N) is 1. The first-order valence-electron chi connectivity index (χ1n) is 7.31. The maximum atomic E-state index is 11.7. The van der Waals surface area contributed by atoms with Gasteiger partial charge in [0.05, 0.1) is 12.1 Å². The van der Waals surface area contributed by atoms with Crippen LogP contribution in [0.25, 0.3) is 0 Å². The molecule has 0 saturated carbocycles. The van der Waals surface area contributed by atoms with Crippen LogP contribution >= 0.6 is 23.4 Å². The lowest BCUT2D eigenvalue weighted by molar-refractivity contribution is -0.120. The van der Waals surface area contributed by atoms with E-state index >= 15 is 0 Å². The standard InChI is InChI=1S/C16H18ClN3O2S/c1-2-6-18-14(21)8-13-9-15(22)20-16(19-13)23-10-11-4-3-5-12(17)7-11/h3-5,7,9H,2,6,8,10H2,1H3,(H,18,21)(H,19,20,22). The molecule has 0 bridgehead atoms. The Balaban J connectivity index is 2.02. The molecule has 0 unspecified atom stereocenters. The van der Waals surface area contributed by atoms with E-state index in [1.165, 1.54) is 17.8 Å². The number of hydrogen-bond acceptors (Lipinski definition) is 4. The summed E-state index contributed by atoms with van der Waals surface area (Å²) in [5.41, 5.74) is 1.25. The van der Waals surface area contributed by atoms with E-state index in [1.807, 2.05) is 31.2 Å². The quantitative estimate of drug-likeness (QED) is 0.594. The number of carbonyl (C=O) groups is 1. The Labute approximate surface area is 143 Å².